The van der Waals surface area contributed by atoms with Crippen molar-refractivity contribution in [2.45, 2.75) is 6.92 Å². The Morgan fingerprint density at radius 2 is 2.17 bits per heavy atom. The highest BCUT2D eigenvalue weighted by Crippen LogP contribution is 2.35. The summed E-state index contributed by atoms with van der Waals surface area (Å²) < 4.78 is 5.82. The zero-order chi connectivity index (χ0) is 17.7. The summed E-state index contributed by atoms with van der Waals surface area (Å²) in [5, 5.41) is 23.1. The Morgan fingerprint density at radius 1 is 1.42 bits per heavy atom. The molecular weight excluding hydrogens is 400 g/mol. The van der Waals surface area contributed by atoms with Crippen LogP contribution in [0.25, 0.3) is 0 Å². The fraction of sp³-hybridized carbons (Fsp3) is 0.125. The van der Waals surface area contributed by atoms with Crippen LogP contribution in [0.3, 0.4) is 0 Å². The number of carboxylic acid groups (broad SMARTS) is 1. The standard InChI is InChI=1S/C16H14BrClN2O4/c1-2-24-14-6-9(5-12(17)15(14)21)8-19-20-10-3-4-13(18)11(7-10)16(22)23/h3-8,20-21H,2H2,1H3,(H,22,23)/b19-8+. The molecular formula is C16H14BrClN2O4. The number of hydrazone groups is 1. The van der Waals surface area contributed by atoms with Gasteiger partial charge in [0.15, 0.2) is 11.5 Å². The number of hydrogen-bond acceptors (Lipinski definition) is 5. The Morgan fingerprint density at radius 3 is 2.83 bits per heavy atom. The van der Waals surface area contributed by atoms with Gasteiger partial charge >= 0.3 is 5.97 Å². The van der Waals surface area contributed by atoms with Crippen LogP contribution in [-0.2, 0) is 0 Å². The highest BCUT2D eigenvalue weighted by Gasteiger charge is 2.10. The van der Waals surface area contributed by atoms with Crippen molar-refractivity contribution in [3.8, 4) is 11.5 Å². The molecule has 0 fully saturated rings. The van der Waals surface area contributed by atoms with Gasteiger partial charge in [-0.25, -0.2) is 4.79 Å². The molecule has 0 saturated heterocycles. The van der Waals surface area contributed by atoms with E-state index in [1.165, 1.54) is 18.3 Å². The first-order chi connectivity index (χ1) is 11.4. The molecule has 0 unspecified atom stereocenters. The van der Waals surface area contributed by atoms with Crippen LogP contribution < -0.4 is 10.2 Å². The molecule has 0 bridgehead atoms. The number of carboxylic acids is 1. The van der Waals surface area contributed by atoms with E-state index in [0.717, 1.165) is 0 Å². The van der Waals surface area contributed by atoms with Crippen LogP contribution in [0.2, 0.25) is 5.02 Å². The number of carbonyl (C=O) groups is 1. The van der Waals surface area contributed by atoms with E-state index in [4.69, 9.17) is 21.4 Å². The molecule has 0 aliphatic rings. The molecule has 0 aliphatic carbocycles. The molecule has 2 rings (SSSR count). The Hall–Kier alpha value is -2.25. The summed E-state index contributed by atoms with van der Waals surface area (Å²) in [6.45, 7) is 2.23. The molecule has 0 aromatic heterocycles. The second-order valence-corrected chi connectivity index (χ2v) is 5.91. The van der Waals surface area contributed by atoms with E-state index in [-0.39, 0.29) is 16.3 Å². The molecule has 2 aromatic carbocycles. The topological polar surface area (TPSA) is 91.2 Å². The molecule has 0 saturated carbocycles. The quantitative estimate of drug-likeness (QED) is 0.484. The minimum absolute atomic E-state index is 0.0112. The number of aromatic carboxylic acids is 1. The zero-order valence-corrected chi connectivity index (χ0v) is 14.9. The number of aromatic hydroxyl groups is 1. The van der Waals surface area contributed by atoms with E-state index in [1.54, 1.807) is 18.2 Å². The van der Waals surface area contributed by atoms with Crippen LogP contribution in [0.15, 0.2) is 39.9 Å². The average molecular weight is 414 g/mol. The molecule has 0 aliphatic heterocycles. The van der Waals surface area contributed by atoms with Crippen LogP contribution >= 0.6 is 27.5 Å². The summed E-state index contributed by atoms with van der Waals surface area (Å²) in [5.41, 5.74) is 3.88. The number of phenols is 1. The molecule has 24 heavy (non-hydrogen) atoms. The summed E-state index contributed by atoms with van der Waals surface area (Å²) >= 11 is 9.06. The maximum atomic E-state index is 11.0. The molecule has 0 atom stereocenters. The van der Waals surface area contributed by atoms with E-state index in [0.29, 0.717) is 28.1 Å². The fourth-order valence-corrected chi connectivity index (χ4v) is 2.53. The van der Waals surface area contributed by atoms with Gasteiger partial charge < -0.3 is 14.9 Å². The molecule has 8 heteroatoms. The number of hydrogen-bond donors (Lipinski definition) is 3. The first-order valence-corrected chi connectivity index (χ1v) is 8.06. The lowest BCUT2D eigenvalue weighted by Gasteiger charge is -2.08. The number of nitrogens with zero attached hydrogens (tertiary/aromatic N) is 1. The number of ether oxygens (including phenoxy) is 1. The van der Waals surface area contributed by atoms with Gasteiger partial charge in [-0.3, -0.25) is 5.43 Å². The summed E-state index contributed by atoms with van der Waals surface area (Å²) in [7, 11) is 0. The van der Waals surface area contributed by atoms with Crippen molar-refractivity contribution in [3.63, 3.8) is 0 Å². The smallest absolute Gasteiger partial charge is 0.337 e. The Labute approximate surface area is 151 Å². The Kier molecular flexibility index (Phi) is 6.05. The van der Waals surface area contributed by atoms with Crippen molar-refractivity contribution < 1.29 is 19.7 Å². The molecule has 3 N–H and O–H groups in total. The third-order valence-corrected chi connectivity index (χ3v) is 3.89. The van der Waals surface area contributed by atoms with E-state index >= 15 is 0 Å². The maximum absolute atomic E-state index is 11.0. The molecule has 0 heterocycles. The van der Waals surface area contributed by atoms with Crippen molar-refractivity contribution in [2.75, 3.05) is 12.0 Å². The second kappa shape index (κ2) is 8.03. The third-order valence-electron chi connectivity index (χ3n) is 2.95. The van der Waals surface area contributed by atoms with Crippen molar-refractivity contribution in [2.24, 2.45) is 5.10 Å². The third kappa shape index (κ3) is 4.39. The van der Waals surface area contributed by atoms with E-state index in [1.807, 2.05) is 6.92 Å². The van der Waals surface area contributed by atoms with Crippen LogP contribution in [0, 0.1) is 0 Å². The molecule has 126 valence electrons. The van der Waals surface area contributed by atoms with Crippen molar-refractivity contribution in [1.82, 2.24) is 0 Å². The molecule has 0 spiro atoms. The maximum Gasteiger partial charge on any atom is 0.337 e. The van der Waals surface area contributed by atoms with Crippen LogP contribution in [0.5, 0.6) is 11.5 Å². The Balaban J connectivity index is 2.17. The predicted molar refractivity (Wildman–Crippen MR) is 96.6 cm³/mol. The van der Waals surface area contributed by atoms with Gasteiger partial charge in [0.25, 0.3) is 0 Å². The number of rotatable bonds is 6. The number of anilines is 1. The molecule has 6 nitrogen and oxygen atoms in total. The van der Waals surface area contributed by atoms with Gasteiger partial charge in [0.2, 0.25) is 0 Å². The van der Waals surface area contributed by atoms with Gasteiger partial charge in [0.05, 0.1) is 33.6 Å². The van der Waals surface area contributed by atoms with Crippen molar-refractivity contribution >= 4 is 45.4 Å². The summed E-state index contributed by atoms with van der Waals surface area (Å²) in [4.78, 5) is 11.0. The lowest BCUT2D eigenvalue weighted by atomic mass is 10.2. The lowest BCUT2D eigenvalue weighted by Crippen LogP contribution is -1.99. The highest BCUT2D eigenvalue weighted by molar-refractivity contribution is 9.10. The number of nitrogens with one attached hydrogen (secondary N) is 1. The minimum Gasteiger partial charge on any atom is -0.503 e. The molecule has 0 amide bonds. The normalized spacial score (nSPS) is 10.8. The summed E-state index contributed by atoms with van der Waals surface area (Å²) in [6.07, 6.45) is 1.52. The predicted octanol–water partition coefficient (Wildman–Crippen LogP) is 4.35. The SMILES string of the molecule is CCOc1cc(/C=N/Nc2ccc(Cl)c(C(=O)O)c2)cc(Br)c1O. The number of benzene rings is 2. The minimum atomic E-state index is -1.11. The first kappa shape index (κ1) is 18.1. The van der Waals surface area contributed by atoms with Crippen LogP contribution in [0.4, 0.5) is 5.69 Å². The lowest BCUT2D eigenvalue weighted by molar-refractivity contribution is 0.0697. The zero-order valence-electron chi connectivity index (χ0n) is 12.6. The number of halogens is 2. The fourth-order valence-electron chi connectivity index (χ4n) is 1.87. The summed E-state index contributed by atoms with van der Waals surface area (Å²) in [6, 6.07) is 7.80. The van der Waals surface area contributed by atoms with E-state index in [9.17, 15) is 9.90 Å². The van der Waals surface area contributed by atoms with Crippen molar-refractivity contribution in [1.29, 1.82) is 0 Å². The first-order valence-electron chi connectivity index (χ1n) is 6.89. The highest BCUT2D eigenvalue weighted by atomic mass is 79.9. The van der Waals surface area contributed by atoms with E-state index < -0.39 is 5.97 Å². The monoisotopic (exact) mass is 412 g/mol. The number of phenolic OH excluding ortho intramolecular Hbond substituents is 1. The van der Waals surface area contributed by atoms with Crippen LogP contribution in [0.1, 0.15) is 22.8 Å². The van der Waals surface area contributed by atoms with Gasteiger partial charge in [-0.2, -0.15) is 5.10 Å². The Bertz CT molecular complexity index is 796. The summed E-state index contributed by atoms with van der Waals surface area (Å²) in [5.74, 6) is -0.754. The molecule has 2 aromatic rings. The van der Waals surface area contributed by atoms with Crippen molar-refractivity contribution in [3.05, 3.63) is 51.0 Å². The van der Waals surface area contributed by atoms with Gasteiger partial charge in [-0.05, 0) is 58.7 Å². The second-order valence-electron chi connectivity index (χ2n) is 4.65. The van der Waals surface area contributed by atoms with Gasteiger partial charge in [0.1, 0.15) is 0 Å². The van der Waals surface area contributed by atoms with Crippen LogP contribution in [-0.4, -0.2) is 29.0 Å². The van der Waals surface area contributed by atoms with Gasteiger partial charge in [-0.1, -0.05) is 11.6 Å². The van der Waals surface area contributed by atoms with Gasteiger partial charge in [-0.15, -0.1) is 0 Å². The van der Waals surface area contributed by atoms with E-state index in [2.05, 4.69) is 26.5 Å². The van der Waals surface area contributed by atoms with Gasteiger partial charge in [0, 0.05) is 0 Å². The average Bonchev–Trinajstić information content (AvgIpc) is 2.53. The largest absolute Gasteiger partial charge is 0.503 e. The molecule has 0 radical (unpaired) electrons.